The lowest BCUT2D eigenvalue weighted by Gasteiger charge is -2.12. The van der Waals surface area contributed by atoms with Crippen LogP contribution in [-0.2, 0) is 13.0 Å². The molecule has 1 heterocycles. The van der Waals surface area contributed by atoms with Gasteiger partial charge >= 0.3 is 0 Å². The van der Waals surface area contributed by atoms with E-state index in [1.165, 1.54) is 0 Å². The number of hydrogen-bond donors (Lipinski definition) is 1. The lowest BCUT2D eigenvalue weighted by atomic mass is 10.2. The molecule has 0 radical (unpaired) electrons. The zero-order chi connectivity index (χ0) is 14.5. The SMILES string of the molecule is CCc1nnc(NCc2cc(Br)c(OC)c(OC)c2)s1. The number of rotatable bonds is 6. The monoisotopic (exact) mass is 357 g/mol. The molecule has 0 atom stereocenters. The Morgan fingerprint density at radius 3 is 2.65 bits per heavy atom. The molecule has 0 spiro atoms. The summed E-state index contributed by atoms with van der Waals surface area (Å²) in [5.74, 6) is 1.39. The zero-order valence-corrected chi connectivity index (χ0v) is 14.0. The predicted molar refractivity (Wildman–Crippen MR) is 83.9 cm³/mol. The number of methoxy groups -OCH3 is 2. The Balaban J connectivity index is 2.11. The topological polar surface area (TPSA) is 56.3 Å². The van der Waals surface area contributed by atoms with Crippen LogP contribution in [0.5, 0.6) is 11.5 Å². The van der Waals surface area contributed by atoms with Crippen molar-refractivity contribution >= 4 is 32.4 Å². The third-order valence-electron chi connectivity index (χ3n) is 2.71. The van der Waals surface area contributed by atoms with Crippen LogP contribution in [0.25, 0.3) is 0 Å². The summed E-state index contributed by atoms with van der Waals surface area (Å²) in [5.41, 5.74) is 1.07. The molecule has 0 saturated carbocycles. The Labute approximate surface area is 130 Å². The van der Waals surface area contributed by atoms with Gasteiger partial charge in [-0.2, -0.15) is 0 Å². The highest BCUT2D eigenvalue weighted by atomic mass is 79.9. The summed E-state index contributed by atoms with van der Waals surface area (Å²) in [5, 5.41) is 13.3. The maximum Gasteiger partial charge on any atom is 0.205 e. The van der Waals surface area contributed by atoms with E-state index in [9.17, 15) is 0 Å². The van der Waals surface area contributed by atoms with Gasteiger partial charge in [0.05, 0.1) is 18.7 Å². The van der Waals surface area contributed by atoms with Crippen LogP contribution in [-0.4, -0.2) is 24.4 Å². The summed E-state index contributed by atoms with van der Waals surface area (Å²) in [6, 6.07) is 3.94. The number of nitrogens with zero attached hydrogens (tertiary/aromatic N) is 2. The minimum absolute atomic E-state index is 0.650. The Morgan fingerprint density at radius 2 is 2.05 bits per heavy atom. The second kappa shape index (κ2) is 6.90. The molecule has 108 valence electrons. The normalized spacial score (nSPS) is 10.4. The Hall–Kier alpha value is -1.34. The molecule has 2 rings (SSSR count). The van der Waals surface area contributed by atoms with Gasteiger partial charge in [-0.15, -0.1) is 10.2 Å². The van der Waals surface area contributed by atoms with E-state index in [1.54, 1.807) is 25.6 Å². The van der Waals surface area contributed by atoms with Crippen molar-refractivity contribution in [3.63, 3.8) is 0 Å². The molecule has 2 aromatic rings. The van der Waals surface area contributed by atoms with Crippen molar-refractivity contribution in [2.45, 2.75) is 19.9 Å². The number of benzene rings is 1. The van der Waals surface area contributed by atoms with Gasteiger partial charge in [0.1, 0.15) is 5.01 Å². The van der Waals surface area contributed by atoms with E-state index in [0.29, 0.717) is 18.0 Å². The molecule has 7 heteroatoms. The lowest BCUT2D eigenvalue weighted by molar-refractivity contribution is 0.352. The van der Waals surface area contributed by atoms with Crippen molar-refractivity contribution in [2.75, 3.05) is 19.5 Å². The Kier molecular flexibility index (Phi) is 5.19. The predicted octanol–water partition coefficient (Wildman–Crippen LogP) is 3.49. The van der Waals surface area contributed by atoms with E-state index in [2.05, 4.69) is 38.4 Å². The fraction of sp³-hybridized carbons (Fsp3) is 0.385. The standard InChI is InChI=1S/C13H16BrN3O2S/c1-4-11-16-17-13(20-11)15-7-8-5-9(14)12(19-3)10(6-8)18-2/h5-6H,4,7H2,1-3H3,(H,15,17). The number of anilines is 1. The number of aromatic nitrogens is 2. The average molecular weight is 358 g/mol. The van der Waals surface area contributed by atoms with Gasteiger partial charge in [0.2, 0.25) is 5.13 Å². The molecule has 0 amide bonds. The first-order chi connectivity index (χ1) is 9.67. The molecule has 0 saturated heterocycles. The Bertz CT molecular complexity index is 589. The van der Waals surface area contributed by atoms with E-state index < -0.39 is 0 Å². The number of ether oxygens (including phenoxy) is 2. The van der Waals surface area contributed by atoms with Gasteiger partial charge < -0.3 is 14.8 Å². The van der Waals surface area contributed by atoms with Crippen molar-refractivity contribution in [2.24, 2.45) is 0 Å². The molecule has 1 aromatic heterocycles. The first-order valence-corrected chi connectivity index (χ1v) is 7.75. The first kappa shape index (κ1) is 15.1. The number of aryl methyl sites for hydroxylation is 1. The van der Waals surface area contributed by atoms with E-state index in [1.807, 2.05) is 12.1 Å². The molecule has 0 unspecified atom stereocenters. The smallest absolute Gasteiger partial charge is 0.205 e. The zero-order valence-electron chi connectivity index (χ0n) is 11.6. The van der Waals surface area contributed by atoms with Crippen LogP contribution in [0.1, 0.15) is 17.5 Å². The summed E-state index contributed by atoms with van der Waals surface area (Å²) in [4.78, 5) is 0. The Morgan fingerprint density at radius 1 is 1.25 bits per heavy atom. The summed E-state index contributed by atoms with van der Waals surface area (Å²) in [7, 11) is 3.24. The summed E-state index contributed by atoms with van der Waals surface area (Å²) >= 11 is 5.06. The second-order valence-corrected chi connectivity index (χ2v) is 5.94. The largest absolute Gasteiger partial charge is 0.493 e. The van der Waals surface area contributed by atoms with Crippen LogP contribution in [0.2, 0.25) is 0 Å². The highest BCUT2D eigenvalue weighted by Crippen LogP contribution is 2.36. The summed E-state index contributed by atoms with van der Waals surface area (Å²) in [6.07, 6.45) is 0.904. The number of nitrogens with one attached hydrogen (secondary N) is 1. The lowest BCUT2D eigenvalue weighted by Crippen LogP contribution is -2.01. The average Bonchev–Trinajstić information content (AvgIpc) is 2.92. The quantitative estimate of drug-likeness (QED) is 0.857. The molecular formula is C13H16BrN3O2S. The third-order valence-corrected chi connectivity index (χ3v) is 4.32. The molecule has 1 aromatic carbocycles. The molecule has 0 aliphatic rings. The molecule has 0 bridgehead atoms. The molecule has 5 nitrogen and oxygen atoms in total. The van der Waals surface area contributed by atoms with E-state index in [4.69, 9.17) is 9.47 Å². The molecule has 20 heavy (non-hydrogen) atoms. The number of hydrogen-bond acceptors (Lipinski definition) is 6. The van der Waals surface area contributed by atoms with Gasteiger partial charge in [0.25, 0.3) is 0 Å². The molecule has 0 aliphatic heterocycles. The van der Waals surface area contributed by atoms with Gasteiger partial charge in [-0.1, -0.05) is 18.3 Å². The highest BCUT2D eigenvalue weighted by molar-refractivity contribution is 9.10. The van der Waals surface area contributed by atoms with Crippen LogP contribution >= 0.6 is 27.3 Å². The summed E-state index contributed by atoms with van der Waals surface area (Å²) < 4.78 is 11.5. The van der Waals surface area contributed by atoms with Crippen molar-refractivity contribution in [3.8, 4) is 11.5 Å². The third kappa shape index (κ3) is 3.40. The van der Waals surface area contributed by atoms with Crippen LogP contribution in [0.3, 0.4) is 0 Å². The summed E-state index contributed by atoms with van der Waals surface area (Å²) in [6.45, 7) is 2.72. The van der Waals surface area contributed by atoms with Gasteiger partial charge in [0.15, 0.2) is 11.5 Å². The van der Waals surface area contributed by atoms with E-state index in [0.717, 1.165) is 26.6 Å². The van der Waals surface area contributed by atoms with Gasteiger partial charge in [-0.3, -0.25) is 0 Å². The van der Waals surface area contributed by atoms with Crippen LogP contribution in [0.4, 0.5) is 5.13 Å². The maximum absolute atomic E-state index is 5.32. The van der Waals surface area contributed by atoms with Crippen LogP contribution in [0.15, 0.2) is 16.6 Å². The van der Waals surface area contributed by atoms with Gasteiger partial charge in [-0.05, 0) is 40.0 Å². The molecule has 0 aliphatic carbocycles. The van der Waals surface area contributed by atoms with Crippen molar-refractivity contribution in [1.29, 1.82) is 0 Å². The van der Waals surface area contributed by atoms with Gasteiger partial charge in [-0.25, -0.2) is 0 Å². The first-order valence-electron chi connectivity index (χ1n) is 6.14. The van der Waals surface area contributed by atoms with Crippen LogP contribution in [0, 0.1) is 0 Å². The molecular weight excluding hydrogens is 342 g/mol. The fourth-order valence-electron chi connectivity index (χ4n) is 1.72. The highest BCUT2D eigenvalue weighted by Gasteiger charge is 2.11. The maximum atomic E-state index is 5.32. The van der Waals surface area contributed by atoms with Gasteiger partial charge in [0, 0.05) is 6.54 Å². The van der Waals surface area contributed by atoms with Crippen molar-refractivity contribution in [1.82, 2.24) is 10.2 Å². The van der Waals surface area contributed by atoms with Crippen molar-refractivity contribution < 1.29 is 9.47 Å². The minimum atomic E-state index is 0.650. The fourth-order valence-corrected chi connectivity index (χ4v) is 3.05. The molecule has 1 N–H and O–H groups in total. The number of halogens is 1. The van der Waals surface area contributed by atoms with E-state index >= 15 is 0 Å². The minimum Gasteiger partial charge on any atom is -0.493 e. The molecule has 0 fully saturated rings. The van der Waals surface area contributed by atoms with Crippen LogP contribution < -0.4 is 14.8 Å². The second-order valence-electron chi connectivity index (χ2n) is 4.02. The van der Waals surface area contributed by atoms with E-state index in [-0.39, 0.29) is 0 Å². The van der Waals surface area contributed by atoms with Crippen molar-refractivity contribution in [3.05, 3.63) is 27.2 Å².